The summed E-state index contributed by atoms with van der Waals surface area (Å²) in [6, 6.07) is 0. The maximum atomic E-state index is 9.56. The number of nitrogens with zero attached hydrogens (tertiary/aromatic N) is 1. The van der Waals surface area contributed by atoms with Gasteiger partial charge in [0.25, 0.3) is 0 Å². The van der Waals surface area contributed by atoms with Crippen LogP contribution in [0, 0.1) is 0 Å². The van der Waals surface area contributed by atoms with Gasteiger partial charge < -0.3 is 4.90 Å². The standard InChI is InChI=1S/C3H9N.C2H6O4S/c1-4(2)3;1-2-6-7(3,4)5/h1-3H3;2H2,1H3,(H,3,4,5). The Balaban J connectivity index is 0. The van der Waals surface area contributed by atoms with Gasteiger partial charge in [0, 0.05) is 0 Å². The van der Waals surface area contributed by atoms with Crippen LogP contribution in [0.3, 0.4) is 0 Å². The van der Waals surface area contributed by atoms with Crippen molar-refractivity contribution >= 4 is 10.4 Å². The molecule has 11 heavy (non-hydrogen) atoms. The first kappa shape index (κ1) is 13.4. The monoisotopic (exact) mass is 185 g/mol. The molecule has 1 N–H and O–H groups in total. The highest BCUT2D eigenvalue weighted by Gasteiger charge is 1.98. The van der Waals surface area contributed by atoms with Gasteiger partial charge in [0.1, 0.15) is 0 Å². The maximum Gasteiger partial charge on any atom is 0.397 e. The minimum Gasteiger partial charge on any atom is -0.312 e. The zero-order valence-electron chi connectivity index (χ0n) is 7.23. The van der Waals surface area contributed by atoms with Gasteiger partial charge in [0.2, 0.25) is 0 Å². The molecule has 0 saturated heterocycles. The SMILES string of the molecule is CCOS(=O)(=O)O.CN(C)C. The van der Waals surface area contributed by atoms with Gasteiger partial charge in [-0.25, -0.2) is 4.18 Å². The second kappa shape index (κ2) is 6.53. The van der Waals surface area contributed by atoms with Crippen LogP contribution in [0.4, 0.5) is 0 Å². The number of hydrogen-bond donors (Lipinski definition) is 1. The molecule has 0 heterocycles. The Morgan fingerprint density at radius 3 is 1.64 bits per heavy atom. The molecule has 0 radical (unpaired) electrons. The molecule has 0 rings (SSSR count). The van der Waals surface area contributed by atoms with E-state index < -0.39 is 10.4 Å². The van der Waals surface area contributed by atoms with E-state index in [0.717, 1.165) is 0 Å². The summed E-state index contributed by atoms with van der Waals surface area (Å²) in [6.07, 6.45) is 0. The van der Waals surface area contributed by atoms with Gasteiger partial charge in [0.15, 0.2) is 0 Å². The highest BCUT2D eigenvalue weighted by atomic mass is 32.3. The zero-order chi connectivity index (χ0) is 9.49. The fourth-order valence-corrected chi connectivity index (χ4v) is 0.447. The summed E-state index contributed by atoms with van der Waals surface area (Å²) in [4.78, 5) is 2.00. The van der Waals surface area contributed by atoms with E-state index in [-0.39, 0.29) is 6.61 Å². The predicted octanol–water partition coefficient (Wildman–Crippen LogP) is 0.00350. The van der Waals surface area contributed by atoms with E-state index in [4.69, 9.17) is 4.55 Å². The van der Waals surface area contributed by atoms with Crippen molar-refractivity contribution in [2.75, 3.05) is 27.7 Å². The predicted molar refractivity (Wildman–Crippen MR) is 42.8 cm³/mol. The summed E-state index contributed by atoms with van der Waals surface area (Å²) in [6.45, 7) is 1.44. The largest absolute Gasteiger partial charge is 0.397 e. The molecule has 0 atom stereocenters. The van der Waals surface area contributed by atoms with Crippen LogP contribution in [0.1, 0.15) is 6.92 Å². The Kier molecular flexibility index (Phi) is 7.97. The lowest BCUT2D eigenvalue weighted by Crippen LogP contribution is -2.01. The Morgan fingerprint density at radius 2 is 1.64 bits per heavy atom. The first-order valence-electron chi connectivity index (χ1n) is 3.02. The Bertz CT molecular complexity index is 161. The minimum absolute atomic E-state index is 0.0289. The normalized spacial score (nSPS) is 10.7. The molecule has 0 spiro atoms. The van der Waals surface area contributed by atoms with Crippen LogP contribution < -0.4 is 0 Å². The van der Waals surface area contributed by atoms with E-state index in [1.54, 1.807) is 0 Å². The Morgan fingerprint density at radius 1 is 1.36 bits per heavy atom. The molecule has 0 saturated carbocycles. The second-order valence-corrected chi connectivity index (χ2v) is 3.27. The lowest BCUT2D eigenvalue weighted by Gasteiger charge is -1.90. The van der Waals surface area contributed by atoms with Crippen molar-refractivity contribution in [2.45, 2.75) is 6.92 Å². The summed E-state index contributed by atoms with van der Waals surface area (Å²) >= 11 is 0. The third-order valence-corrected chi connectivity index (χ3v) is 0.800. The van der Waals surface area contributed by atoms with Gasteiger partial charge in [-0.2, -0.15) is 8.42 Å². The molecule has 0 bridgehead atoms. The molecule has 6 heteroatoms. The van der Waals surface area contributed by atoms with Gasteiger partial charge >= 0.3 is 10.4 Å². The lowest BCUT2D eigenvalue weighted by molar-refractivity contribution is 0.283. The molecule has 0 amide bonds. The van der Waals surface area contributed by atoms with Crippen LogP contribution in [-0.2, 0) is 14.6 Å². The van der Waals surface area contributed by atoms with E-state index in [0.29, 0.717) is 0 Å². The molecule has 0 aromatic heterocycles. The molecule has 5 nitrogen and oxygen atoms in total. The van der Waals surface area contributed by atoms with Gasteiger partial charge in [-0.15, -0.1) is 0 Å². The lowest BCUT2D eigenvalue weighted by atomic mass is 10.9. The second-order valence-electron chi connectivity index (χ2n) is 2.18. The average molecular weight is 185 g/mol. The van der Waals surface area contributed by atoms with Crippen LogP contribution in [0.5, 0.6) is 0 Å². The van der Waals surface area contributed by atoms with Crippen molar-refractivity contribution in [2.24, 2.45) is 0 Å². The number of rotatable bonds is 2. The van der Waals surface area contributed by atoms with Crippen LogP contribution in [0.2, 0.25) is 0 Å². The third kappa shape index (κ3) is 41.1. The summed E-state index contributed by atoms with van der Waals surface area (Å²) in [7, 11) is 1.83. The first-order valence-corrected chi connectivity index (χ1v) is 4.39. The fraction of sp³-hybridized carbons (Fsp3) is 1.00. The van der Waals surface area contributed by atoms with E-state index in [1.165, 1.54) is 6.92 Å². The molecular formula is C5H15NO4S. The van der Waals surface area contributed by atoms with E-state index in [2.05, 4.69) is 4.18 Å². The first-order chi connectivity index (χ1) is 4.79. The molecule has 70 valence electrons. The van der Waals surface area contributed by atoms with Crippen molar-refractivity contribution in [1.29, 1.82) is 0 Å². The summed E-state index contributed by atoms with van der Waals surface area (Å²) in [5.41, 5.74) is 0. The van der Waals surface area contributed by atoms with Crippen molar-refractivity contribution in [1.82, 2.24) is 4.90 Å². The topological polar surface area (TPSA) is 66.8 Å². The Labute approximate surface area is 67.9 Å². The van der Waals surface area contributed by atoms with Crippen LogP contribution in [-0.4, -0.2) is 45.6 Å². The zero-order valence-corrected chi connectivity index (χ0v) is 8.05. The molecular weight excluding hydrogens is 170 g/mol. The van der Waals surface area contributed by atoms with Crippen molar-refractivity contribution in [3.8, 4) is 0 Å². The van der Waals surface area contributed by atoms with Gasteiger partial charge in [-0.05, 0) is 28.1 Å². The van der Waals surface area contributed by atoms with Crippen molar-refractivity contribution < 1.29 is 17.2 Å². The van der Waals surface area contributed by atoms with Crippen LogP contribution in [0.25, 0.3) is 0 Å². The van der Waals surface area contributed by atoms with E-state index in [1.807, 2.05) is 26.0 Å². The van der Waals surface area contributed by atoms with Gasteiger partial charge in [0.05, 0.1) is 6.61 Å². The van der Waals surface area contributed by atoms with E-state index >= 15 is 0 Å². The molecule has 0 aliphatic rings. The molecule has 0 fully saturated rings. The summed E-state index contributed by atoms with van der Waals surface area (Å²) in [5, 5.41) is 0. The van der Waals surface area contributed by atoms with Gasteiger partial charge in [-0.3, -0.25) is 4.55 Å². The summed E-state index contributed by atoms with van der Waals surface area (Å²) in [5.74, 6) is 0. The van der Waals surface area contributed by atoms with Crippen molar-refractivity contribution in [3.05, 3.63) is 0 Å². The van der Waals surface area contributed by atoms with Crippen molar-refractivity contribution in [3.63, 3.8) is 0 Å². The minimum atomic E-state index is -4.17. The van der Waals surface area contributed by atoms with Crippen LogP contribution in [0.15, 0.2) is 0 Å². The Hall–Kier alpha value is -0.170. The van der Waals surface area contributed by atoms with Gasteiger partial charge in [-0.1, -0.05) is 0 Å². The van der Waals surface area contributed by atoms with Crippen LogP contribution >= 0.6 is 0 Å². The highest BCUT2D eigenvalue weighted by molar-refractivity contribution is 7.80. The van der Waals surface area contributed by atoms with E-state index in [9.17, 15) is 8.42 Å². The highest BCUT2D eigenvalue weighted by Crippen LogP contribution is 1.81. The molecule has 0 aromatic rings. The number of hydrogen-bond acceptors (Lipinski definition) is 4. The molecule has 0 unspecified atom stereocenters. The smallest absolute Gasteiger partial charge is 0.312 e. The third-order valence-electron chi connectivity index (χ3n) is 0.267. The molecule has 0 aliphatic carbocycles. The molecule has 0 aliphatic heterocycles. The maximum absolute atomic E-state index is 9.56. The summed E-state index contributed by atoms with van der Waals surface area (Å²) < 4.78 is 30.7. The fourth-order valence-electron chi connectivity index (χ4n) is 0.149. The molecule has 0 aromatic carbocycles. The average Bonchev–Trinajstić information content (AvgIpc) is 1.58. The quantitative estimate of drug-likeness (QED) is 0.613.